The summed E-state index contributed by atoms with van der Waals surface area (Å²) in [6, 6.07) is 18.2. The third kappa shape index (κ3) is 6.43. The molecule has 2 aliphatic rings. The van der Waals surface area contributed by atoms with Gasteiger partial charge in [-0.05, 0) is 68.2 Å². The summed E-state index contributed by atoms with van der Waals surface area (Å²) in [5.74, 6) is 0.164. The number of aliphatic hydroxyl groups is 1. The molecule has 0 bridgehead atoms. The van der Waals surface area contributed by atoms with Crippen LogP contribution in [0.25, 0.3) is 0 Å². The Kier molecular flexibility index (Phi) is 8.80. The first kappa shape index (κ1) is 25.2. The van der Waals surface area contributed by atoms with E-state index in [1.807, 2.05) is 47.1 Å². The Hall–Kier alpha value is -2.86. The molecule has 1 heterocycles. The van der Waals surface area contributed by atoms with E-state index in [0.29, 0.717) is 6.54 Å². The van der Waals surface area contributed by atoms with Gasteiger partial charge in [-0.1, -0.05) is 55.3 Å². The zero-order valence-electron chi connectivity index (χ0n) is 20.9. The molecule has 2 fully saturated rings. The molecule has 0 aromatic heterocycles. The average Bonchev–Trinajstić information content (AvgIpc) is 2.92. The highest BCUT2D eigenvalue weighted by atomic mass is 16.3. The molecule has 2 aromatic carbocycles. The Balaban J connectivity index is 1.50. The number of nitrogens with one attached hydrogen (secondary N) is 1. The van der Waals surface area contributed by atoms with Crippen LogP contribution in [0.15, 0.2) is 54.6 Å². The molecule has 0 spiro atoms. The van der Waals surface area contributed by atoms with Gasteiger partial charge in [0.05, 0.1) is 13.2 Å². The molecule has 2 aromatic rings. The summed E-state index contributed by atoms with van der Waals surface area (Å²) in [6.07, 6.45) is 7.38. The number of piperidine rings is 1. The third-order valence-corrected chi connectivity index (χ3v) is 7.44. The van der Waals surface area contributed by atoms with Gasteiger partial charge in [0.15, 0.2) is 0 Å². The van der Waals surface area contributed by atoms with Crippen molar-refractivity contribution in [3.05, 3.63) is 65.7 Å². The van der Waals surface area contributed by atoms with Crippen LogP contribution in [0.1, 0.15) is 68.9 Å². The number of urea groups is 1. The Morgan fingerprint density at radius 1 is 0.971 bits per heavy atom. The summed E-state index contributed by atoms with van der Waals surface area (Å²) in [4.78, 5) is 30.2. The number of amides is 3. The molecule has 2 N–H and O–H groups in total. The monoisotopic (exact) mass is 477 g/mol. The van der Waals surface area contributed by atoms with Gasteiger partial charge in [-0.15, -0.1) is 0 Å². The predicted octanol–water partition coefficient (Wildman–Crippen LogP) is 5.07. The number of hydrogen-bond acceptors (Lipinski definition) is 3. The van der Waals surface area contributed by atoms with E-state index >= 15 is 0 Å². The van der Waals surface area contributed by atoms with Crippen LogP contribution < -0.4 is 10.2 Å². The number of aliphatic hydroxyl groups excluding tert-OH is 1. The number of carbonyl (C=O) groups excluding carboxylic acids is 2. The number of hydrogen-bond donors (Lipinski definition) is 2. The quantitative estimate of drug-likeness (QED) is 0.585. The van der Waals surface area contributed by atoms with Crippen molar-refractivity contribution < 1.29 is 14.7 Å². The van der Waals surface area contributed by atoms with E-state index in [-0.39, 0.29) is 36.4 Å². The predicted molar refractivity (Wildman–Crippen MR) is 139 cm³/mol. The molecule has 6 nitrogen and oxygen atoms in total. The summed E-state index contributed by atoms with van der Waals surface area (Å²) < 4.78 is 0. The van der Waals surface area contributed by atoms with Crippen molar-refractivity contribution in [1.82, 2.24) is 10.2 Å². The number of likely N-dealkylation sites (tertiary alicyclic amines) is 1. The highest BCUT2D eigenvalue weighted by Crippen LogP contribution is 2.38. The molecule has 1 saturated carbocycles. The molecule has 0 unspecified atom stereocenters. The zero-order valence-corrected chi connectivity index (χ0v) is 20.9. The molecule has 6 heteroatoms. The van der Waals surface area contributed by atoms with Crippen molar-refractivity contribution in [2.45, 2.75) is 70.4 Å². The van der Waals surface area contributed by atoms with Crippen molar-refractivity contribution in [2.75, 3.05) is 24.6 Å². The van der Waals surface area contributed by atoms with Crippen LogP contribution in [-0.4, -0.2) is 47.7 Å². The molecular weight excluding hydrogens is 438 g/mol. The lowest BCUT2D eigenvalue weighted by Crippen LogP contribution is -2.45. The first-order valence-electron chi connectivity index (χ1n) is 13.2. The summed E-state index contributed by atoms with van der Waals surface area (Å²) in [5, 5.41) is 12.3. The summed E-state index contributed by atoms with van der Waals surface area (Å²) in [7, 11) is 0. The number of rotatable bonds is 7. The number of carbonyl (C=O) groups is 2. The normalized spacial score (nSPS) is 21.3. The summed E-state index contributed by atoms with van der Waals surface area (Å²) in [6.45, 7) is 3.94. The standard InChI is InChI=1S/C29H39N3O3/c1-22(21-33)30-28(34)27-13-7-6-12-26(27)24-16-14-23(15-17-24)20-32(25-10-4-2-5-11-25)29(35)31-18-8-3-9-19-31/h2,4-5,10-11,14-17,22,26-27,33H,3,6-9,12-13,18-21H2,1H3,(H,30,34)/t22-,26-,27+/m1/s1. The molecule has 4 rings (SSSR count). The molecule has 1 aliphatic heterocycles. The number of anilines is 1. The fourth-order valence-corrected chi connectivity index (χ4v) is 5.43. The Morgan fingerprint density at radius 2 is 1.66 bits per heavy atom. The van der Waals surface area contributed by atoms with E-state index in [1.165, 1.54) is 12.0 Å². The van der Waals surface area contributed by atoms with Gasteiger partial charge < -0.3 is 15.3 Å². The second kappa shape index (κ2) is 12.2. The SMILES string of the molecule is C[C@H](CO)NC(=O)[C@H]1CCCC[C@@H]1c1ccc(CN(C(=O)N2CCCCC2)c2ccccc2)cc1. The number of para-hydroxylation sites is 1. The smallest absolute Gasteiger partial charge is 0.324 e. The van der Waals surface area contributed by atoms with Crippen LogP contribution in [0.4, 0.5) is 10.5 Å². The average molecular weight is 478 g/mol. The third-order valence-electron chi connectivity index (χ3n) is 7.44. The lowest BCUT2D eigenvalue weighted by Gasteiger charge is -2.33. The van der Waals surface area contributed by atoms with E-state index in [9.17, 15) is 14.7 Å². The highest BCUT2D eigenvalue weighted by Gasteiger charge is 2.32. The largest absolute Gasteiger partial charge is 0.394 e. The van der Waals surface area contributed by atoms with Crippen molar-refractivity contribution in [3.8, 4) is 0 Å². The van der Waals surface area contributed by atoms with Crippen molar-refractivity contribution in [2.24, 2.45) is 5.92 Å². The molecule has 0 radical (unpaired) electrons. The first-order valence-corrected chi connectivity index (χ1v) is 13.2. The van der Waals surface area contributed by atoms with E-state index in [4.69, 9.17) is 0 Å². The fraction of sp³-hybridized carbons (Fsp3) is 0.517. The van der Waals surface area contributed by atoms with Crippen LogP contribution >= 0.6 is 0 Å². The minimum absolute atomic E-state index is 0.0442. The highest BCUT2D eigenvalue weighted by molar-refractivity contribution is 5.92. The Labute approximate surface area is 209 Å². The maximum absolute atomic E-state index is 13.4. The van der Waals surface area contributed by atoms with Gasteiger partial charge >= 0.3 is 6.03 Å². The minimum atomic E-state index is -0.228. The van der Waals surface area contributed by atoms with Gasteiger partial charge in [0.2, 0.25) is 5.91 Å². The maximum Gasteiger partial charge on any atom is 0.324 e. The van der Waals surface area contributed by atoms with Gasteiger partial charge in [-0.2, -0.15) is 0 Å². The molecule has 188 valence electrons. The van der Waals surface area contributed by atoms with E-state index < -0.39 is 0 Å². The molecule has 3 atom stereocenters. The first-order chi connectivity index (χ1) is 17.1. The zero-order chi connectivity index (χ0) is 24.6. The summed E-state index contributed by atoms with van der Waals surface area (Å²) >= 11 is 0. The van der Waals surface area contributed by atoms with Gasteiger partial charge in [0, 0.05) is 30.7 Å². The van der Waals surface area contributed by atoms with E-state index in [0.717, 1.165) is 62.9 Å². The summed E-state index contributed by atoms with van der Waals surface area (Å²) in [5.41, 5.74) is 3.17. The fourth-order valence-electron chi connectivity index (χ4n) is 5.43. The van der Waals surface area contributed by atoms with Gasteiger partial charge in [-0.25, -0.2) is 4.79 Å². The van der Waals surface area contributed by atoms with Crippen LogP contribution in [0.2, 0.25) is 0 Å². The van der Waals surface area contributed by atoms with Crippen LogP contribution in [0.3, 0.4) is 0 Å². The van der Waals surface area contributed by atoms with Crippen molar-refractivity contribution in [3.63, 3.8) is 0 Å². The van der Waals surface area contributed by atoms with Crippen LogP contribution in [0, 0.1) is 5.92 Å². The van der Waals surface area contributed by atoms with E-state index in [1.54, 1.807) is 0 Å². The number of benzene rings is 2. The van der Waals surface area contributed by atoms with Crippen LogP contribution in [0.5, 0.6) is 0 Å². The van der Waals surface area contributed by atoms with E-state index in [2.05, 4.69) is 29.6 Å². The van der Waals surface area contributed by atoms with Gasteiger partial charge in [-0.3, -0.25) is 9.69 Å². The van der Waals surface area contributed by atoms with Crippen LogP contribution in [-0.2, 0) is 11.3 Å². The second-order valence-corrected chi connectivity index (χ2v) is 10.1. The molecule has 1 saturated heterocycles. The maximum atomic E-state index is 13.4. The topological polar surface area (TPSA) is 72.9 Å². The molecule has 3 amide bonds. The lowest BCUT2D eigenvalue weighted by molar-refractivity contribution is -0.127. The molecular formula is C29H39N3O3. The second-order valence-electron chi connectivity index (χ2n) is 10.1. The van der Waals surface area contributed by atoms with Crippen molar-refractivity contribution >= 4 is 17.6 Å². The lowest BCUT2D eigenvalue weighted by atomic mass is 9.75. The Bertz CT molecular complexity index is 957. The minimum Gasteiger partial charge on any atom is -0.394 e. The Morgan fingerprint density at radius 3 is 2.34 bits per heavy atom. The number of nitrogens with zero attached hydrogens (tertiary/aromatic N) is 2. The molecule has 35 heavy (non-hydrogen) atoms. The van der Waals surface area contributed by atoms with Gasteiger partial charge in [0.25, 0.3) is 0 Å². The van der Waals surface area contributed by atoms with Gasteiger partial charge in [0.1, 0.15) is 0 Å². The van der Waals surface area contributed by atoms with Crippen molar-refractivity contribution in [1.29, 1.82) is 0 Å². The molecule has 1 aliphatic carbocycles.